The van der Waals surface area contributed by atoms with Crippen molar-refractivity contribution in [3.8, 4) is 5.75 Å². The lowest BCUT2D eigenvalue weighted by molar-refractivity contribution is -0.175. The molecule has 10 heteroatoms. The third-order valence-corrected chi connectivity index (χ3v) is 2.72. The van der Waals surface area contributed by atoms with Crippen molar-refractivity contribution in [2.45, 2.75) is 18.6 Å². The zero-order chi connectivity index (χ0) is 17.8. The summed E-state index contributed by atoms with van der Waals surface area (Å²) in [7, 11) is 1.19. The van der Waals surface area contributed by atoms with Crippen molar-refractivity contribution < 1.29 is 41.8 Å². The van der Waals surface area contributed by atoms with Crippen LogP contribution in [0.5, 0.6) is 5.75 Å². The smallest absolute Gasteiger partial charge is 0.471 e. The van der Waals surface area contributed by atoms with E-state index >= 15 is 0 Å². The molecule has 0 heterocycles. The number of nitrogens with one attached hydrogen (secondary N) is 1. The highest BCUT2D eigenvalue weighted by atomic mass is 19.4. The number of benzene rings is 1. The highest BCUT2D eigenvalue weighted by Crippen LogP contribution is 2.19. The molecule has 1 amide bonds. The second-order valence-electron chi connectivity index (χ2n) is 4.34. The number of aliphatic carboxylic acids is 1. The van der Waals surface area contributed by atoms with Crippen LogP contribution in [0.15, 0.2) is 18.2 Å². The Morgan fingerprint density at radius 1 is 1.30 bits per heavy atom. The highest BCUT2D eigenvalue weighted by molar-refractivity contribution is 5.99. The number of alkyl halides is 3. The number of hydrogen-bond donors (Lipinski definition) is 2. The van der Waals surface area contributed by atoms with Crippen LogP contribution in [-0.2, 0) is 9.59 Å². The van der Waals surface area contributed by atoms with E-state index in [1.54, 1.807) is 0 Å². The second kappa shape index (κ2) is 7.07. The molecular formula is C13H11F4NO5. The zero-order valence-electron chi connectivity index (χ0n) is 11.6. The van der Waals surface area contributed by atoms with Gasteiger partial charge in [-0.25, -0.2) is 9.18 Å². The molecule has 1 atom stereocenters. The summed E-state index contributed by atoms with van der Waals surface area (Å²) in [5, 5.41) is 9.98. The van der Waals surface area contributed by atoms with Crippen LogP contribution in [0.3, 0.4) is 0 Å². The van der Waals surface area contributed by atoms with Gasteiger partial charge >= 0.3 is 18.1 Å². The molecule has 1 aromatic carbocycles. The molecule has 0 saturated carbocycles. The van der Waals surface area contributed by atoms with Gasteiger partial charge in [-0.1, -0.05) is 0 Å². The molecular weight excluding hydrogens is 326 g/mol. The number of Topliss-reactive ketones (excluding diaryl/α,β-unsaturated/α-hetero) is 1. The van der Waals surface area contributed by atoms with E-state index in [1.807, 2.05) is 0 Å². The first-order valence-electron chi connectivity index (χ1n) is 6.03. The first kappa shape index (κ1) is 18.4. The predicted molar refractivity (Wildman–Crippen MR) is 67.5 cm³/mol. The Morgan fingerprint density at radius 2 is 1.91 bits per heavy atom. The number of carbonyl (C=O) groups is 3. The minimum atomic E-state index is -5.29. The number of rotatable bonds is 6. The zero-order valence-corrected chi connectivity index (χ0v) is 11.6. The molecule has 0 fully saturated rings. The summed E-state index contributed by atoms with van der Waals surface area (Å²) in [5.41, 5.74) is -0.268. The van der Waals surface area contributed by atoms with Crippen LogP contribution in [0.2, 0.25) is 0 Å². The van der Waals surface area contributed by atoms with Gasteiger partial charge in [0.05, 0.1) is 7.11 Å². The fourth-order valence-corrected chi connectivity index (χ4v) is 1.58. The first-order valence-corrected chi connectivity index (χ1v) is 6.03. The standard InChI is InChI=1S/C13H11F4NO5/c1-23-10-3-2-6(4-7(10)14)9(19)5-8(11(20)21)18-12(22)13(15,16)17/h2-4,8H,5H2,1H3,(H,18,22)(H,20,21). The van der Waals surface area contributed by atoms with Gasteiger partial charge in [-0.3, -0.25) is 9.59 Å². The van der Waals surface area contributed by atoms with Crippen LogP contribution in [-0.4, -0.2) is 42.1 Å². The Balaban J connectivity index is 2.88. The van der Waals surface area contributed by atoms with E-state index < -0.39 is 42.1 Å². The number of carboxylic acid groups (broad SMARTS) is 1. The van der Waals surface area contributed by atoms with Crippen LogP contribution < -0.4 is 10.1 Å². The molecule has 0 saturated heterocycles. The van der Waals surface area contributed by atoms with E-state index in [9.17, 15) is 31.9 Å². The molecule has 0 bridgehead atoms. The summed E-state index contributed by atoms with van der Waals surface area (Å²) in [5.74, 6) is -6.34. The molecule has 0 radical (unpaired) electrons. The maximum absolute atomic E-state index is 13.5. The number of methoxy groups -OCH3 is 1. The maximum Gasteiger partial charge on any atom is 0.471 e. The molecule has 23 heavy (non-hydrogen) atoms. The number of ether oxygens (including phenoxy) is 1. The molecule has 0 aliphatic heterocycles. The molecule has 1 aromatic rings. The van der Waals surface area contributed by atoms with Gasteiger partial charge in [0.15, 0.2) is 17.3 Å². The number of hydrogen-bond acceptors (Lipinski definition) is 4. The van der Waals surface area contributed by atoms with Gasteiger partial charge < -0.3 is 15.2 Å². The van der Waals surface area contributed by atoms with E-state index in [0.717, 1.165) is 18.2 Å². The van der Waals surface area contributed by atoms with E-state index in [-0.39, 0.29) is 11.3 Å². The van der Waals surface area contributed by atoms with Gasteiger partial charge in [0.1, 0.15) is 6.04 Å². The molecule has 0 spiro atoms. The first-order chi connectivity index (χ1) is 10.6. The summed E-state index contributed by atoms with van der Waals surface area (Å²) >= 11 is 0. The van der Waals surface area contributed by atoms with Crippen molar-refractivity contribution in [2.24, 2.45) is 0 Å². The van der Waals surface area contributed by atoms with Gasteiger partial charge in [-0.15, -0.1) is 0 Å². The topological polar surface area (TPSA) is 92.7 Å². The van der Waals surface area contributed by atoms with Crippen molar-refractivity contribution in [3.63, 3.8) is 0 Å². The summed E-state index contributed by atoms with van der Waals surface area (Å²) in [6, 6.07) is 0.884. The Labute approximate surface area is 127 Å². The quantitative estimate of drug-likeness (QED) is 0.607. The lowest BCUT2D eigenvalue weighted by Gasteiger charge is -2.15. The van der Waals surface area contributed by atoms with Gasteiger partial charge in [-0.05, 0) is 18.2 Å². The summed E-state index contributed by atoms with van der Waals surface area (Å²) in [6.07, 6.45) is -6.26. The minimum absolute atomic E-state index is 0.165. The van der Waals surface area contributed by atoms with Gasteiger partial charge in [0.25, 0.3) is 0 Å². The molecule has 6 nitrogen and oxygen atoms in total. The van der Waals surface area contributed by atoms with Gasteiger partial charge in [0, 0.05) is 12.0 Å². The Morgan fingerprint density at radius 3 is 2.35 bits per heavy atom. The largest absolute Gasteiger partial charge is 0.494 e. The molecule has 1 rings (SSSR count). The van der Waals surface area contributed by atoms with Crippen molar-refractivity contribution >= 4 is 17.7 Å². The average Bonchev–Trinajstić information content (AvgIpc) is 2.44. The van der Waals surface area contributed by atoms with Crippen molar-refractivity contribution in [3.05, 3.63) is 29.6 Å². The molecule has 0 aliphatic carbocycles. The third kappa shape index (κ3) is 4.94. The normalized spacial score (nSPS) is 12.4. The summed E-state index contributed by atoms with van der Waals surface area (Å²) in [6.45, 7) is 0. The number of halogens is 4. The van der Waals surface area contributed by atoms with Crippen molar-refractivity contribution in [2.75, 3.05) is 7.11 Å². The number of carbonyl (C=O) groups excluding carboxylic acids is 2. The van der Waals surface area contributed by atoms with Crippen LogP contribution in [0, 0.1) is 5.82 Å². The van der Waals surface area contributed by atoms with Crippen LogP contribution >= 0.6 is 0 Å². The molecule has 1 unspecified atom stereocenters. The lowest BCUT2D eigenvalue weighted by Crippen LogP contribution is -2.47. The van der Waals surface area contributed by atoms with E-state index in [4.69, 9.17) is 5.11 Å². The average molecular weight is 337 g/mol. The second-order valence-corrected chi connectivity index (χ2v) is 4.34. The monoisotopic (exact) mass is 337 g/mol. The van der Waals surface area contributed by atoms with Gasteiger partial charge in [0.2, 0.25) is 0 Å². The van der Waals surface area contributed by atoms with Gasteiger partial charge in [-0.2, -0.15) is 13.2 Å². The van der Waals surface area contributed by atoms with Crippen LogP contribution in [0.25, 0.3) is 0 Å². The van der Waals surface area contributed by atoms with Crippen molar-refractivity contribution in [1.82, 2.24) is 5.32 Å². The fraction of sp³-hybridized carbons (Fsp3) is 0.308. The summed E-state index contributed by atoms with van der Waals surface area (Å²) in [4.78, 5) is 33.5. The predicted octanol–water partition coefficient (Wildman–Crippen LogP) is 1.54. The maximum atomic E-state index is 13.5. The number of amides is 1. The molecule has 126 valence electrons. The van der Waals surface area contributed by atoms with E-state index in [1.165, 1.54) is 12.4 Å². The van der Waals surface area contributed by atoms with E-state index in [2.05, 4.69) is 4.74 Å². The fourth-order valence-electron chi connectivity index (χ4n) is 1.58. The molecule has 2 N–H and O–H groups in total. The SMILES string of the molecule is COc1ccc(C(=O)CC(NC(=O)C(F)(F)F)C(=O)O)cc1F. The third-order valence-electron chi connectivity index (χ3n) is 2.72. The number of ketones is 1. The molecule has 0 aromatic heterocycles. The van der Waals surface area contributed by atoms with E-state index in [0.29, 0.717) is 0 Å². The Bertz CT molecular complexity index is 629. The Kier molecular flexibility index (Phi) is 5.66. The highest BCUT2D eigenvalue weighted by Gasteiger charge is 2.41. The van der Waals surface area contributed by atoms with Crippen molar-refractivity contribution in [1.29, 1.82) is 0 Å². The lowest BCUT2D eigenvalue weighted by atomic mass is 10.0. The summed E-state index contributed by atoms with van der Waals surface area (Å²) < 4.78 is 54.4. The molecule has 0 aliphatic rings. The van der Waals surface area contributed by atoms with Crippen LogP contribution in [0.1, 0.15) is 16.8 Å². The number of carboxylic acids is 1. The van der Waals surface area contributed by atoms with Crippen LogP contribution in [0.4, 0.5) is 17.6 Å². The Hall–Kier alpha value is -2.65. The minimum Gasteiger partial charge on any atom is -0.494 e.